The molecule has 2 aromatic rings. The summed E-state index contributed by atoms with van der Waals surface area (Å²) in [6.07, 6.45) is -0.822. The van der Waals surface area contributed by atoms with E-state index in [0.717, 1.165) is 17.0 Å². The van der Waals surface area contributed by atoms with Gasteiger partial charge in [0.15, 0.2) is 6.61 Å². The molecule has 142 valence electrons. The summed E-state index contributed by atoms with van der Waals surface area (Å²) in [4.78, 5) is 24.3. The molecule has 1 unspecified atom stereocenters. The Morgan fingerprint density at radius 2 is 1.89 bits per heavy atom. The van der Waals surface area contributed by atoms with Gasteiger partial charge in [0.05, 0.1) is 17.5 Å². The van der Waals surface area contributed by atoms with Crippen LogP contribution in [0, 0.1) is 12.7 Å². The Labute approximate surface area is 155 Å². The lowest BCUT2D eigenvalue weighted by atomic mass is 10.1. The summed E-state index contributed by atoms with van der Waals surface area (Å²) < 4.78 is 46.2. The van der Waals surface area contributed by atoms with Gasteiger partial charge in [0.1, 0.15) is 5.82 Å². The van der Waals surface area contributed by atoms with Crippen molar-refractivity contribution in [1.29, 1.82) is 0 Å². The summed E-state index contributed by atoms with van der Waals surface area (Å²) in [5.41, 5.74) is 0.750. The Hall–Kier alpha value is -2.78. The van der Waals surface area contributed by atoms with Crippen LogP contribution in [0.3, 0.4) is 0 Å². The van der Waals surface area contributed by atoms with Crippen molar-refractivity contribution < 1.29 is 27.1 Å². The van der Waals surface area contributed by atoms with Gasteiger partial charge in [-0.2, -0.15) is 0 Å². The van der Waals surface area contributed by atoms with Crippen molar-refractivity contribution >= 4 is 22.0 Å². The molecule has 1 N–H and O–H groups in total. The molecule has 7 nitrogen and oxygen atoms in total. The standard InChI is InChI=1S/C18H17FN2O5S/c1-12-9-14(7-8-15(12)19)27(24,25)20-16(13-5-3-2-4-6-13)10-21-17(22)11-26-18(21)23/h2-9,16,20H,10-11H2,1H3. The van der Waals surface area contributed by atoms with Crippen molar-refractivity contribution in [3.05, 3.63) is 65.5 Å². The minimum absolute atomic E-state index is 0.113. The molecule has 0 spiro atoms. The molecule has 0 bridgehead atoms. The number of ether oxygens (including phenoxy) is 1. The highest BCUT2D eigenvalue weighted by atomic mass is 32.2. The number of cyclic esters (lactones) is 1. The second-order valence-electron chi connectivity index (χ2n) is 6.05. The molecule has 0 aliphatic carbocycles. The smallest absolute Gasteiger partial charge is 0.417 e. The van der Waals surface area contributed by atoms with E-state index in [9.17, 15) is 22.4 Å². The van der Waals surface area contributed by atoms with Crippen LogP contribution in [0.2, 0.25) is 0 Å². The number of hydrogen-bond acceptors (Lipinski definition) is 5. The summed E-state index contributed by atoms with van der Waals surface area (Å²) >= 11 is 0. The van der Waals surface area contributed by atoms with Crippen LogP contribution in [0.5, 0.6) is 0 Å². The van der Waals surface area contributed by atoms with Crippen LogP contribution in [-0.4, -0.2) is 38.5 Å². The van der Waals surface area contributed by atoms with Gasteiger partial charge in [-0.3, -0.25) is 4.79 Å². The lowest BCUT2D eigenvalue weighted by molar-refractivity contribution is -0.126. The highest BCUT2D eigenvalue weighted by Crippen LogP contribution is 2.21. The van der Waals surface area contributed by atoms with E-state index in [1.54, 1.807) is 30.3 Å². The Balaban J connectivity index is 1.92. The van der Waals surface area contributed by atoms with E-state index < -0.39 is 33.9 Å². The molecule has 2 aromatic carbocycles. The molecule has 3 rings (SSSR count). The van der Waals surface area contributed by atoms with Gasteiger partial charge in [0.25, 0.3) is 5.91 Å². The minimum Gasteiger partial charge on any atom is -0.439 e. The number of halogens is 1. The normalized spacial score (nSPS) is 15.7. The maximum atomic E-state index is 13.5. The first kappa shape index (κ1) is 19.0. The van der Waals surface area contributed by atoms with Crippen molar-refractivity contribution in [3.63, 3.8) is 0 Å². The van der Waals surface area contributed by atoms with Crippen LogP contribution in [0.15, 0.2) is 53.4 Å². The molecule has 9 heteroatoms. The van der Waals surface area contributed by atoms with E-state index >= 15 is 0 Å². The van der Waals surface area contributed by atoms with Crippen LogP contribution >= 0.6 is 0 Å². The van der Waals surface area contributed by atoms with Gasteiger partial charge in [-0.15, -0.1) is 0 Å². The second-order valence-corrected chi connectivity index (χ2v) is 7.77. The number of nitrogens with zero attached hydrogens (tertiary/aromatic N) is 1. The predicted molar refractivity (Wildman–Crippen MR) is 93.7 cm³/mol. The second kappa shape index (κ2) is 7.45. The zero-order valence-electron chi connectivity index (χ0n) is 14.4. The molecule has 1 saturated heterocycles. The maximum absolute atomic E-state index is 13.5. The van der Waals surface area contributed by atoms with E-state index in [4.69, 9.17) is 0 Å². The van der Waals surface area contributed by atoms with Crippen LogP contribution in [0.25, 0.3) is 0 Å². The third kappa shape index (κ3) is 4.15. The molecule has 0 radical (unpaired) electrons. The summed E-state index contributed by atoms with van der Waals surface area (Å²) in [6, 6.07) is 11.1. The minimum atomic E-state index is -4.03. The largest absolute Gasteiger partial charge is 0.439 e. The number of carbonyl (C=O) groups is 2. The van der Waals surface area contributed by atoms with Gasteiger partial charge in [-0.05, 0) is 36.2 Å². The SMILES string of the molecule is Cc1cc(S(=O)(=O)NC(CN2C(=O)COC2=O)c2ccccc2)ccc1F. The molecule has 1 aliphatic rings. The van der Waals surface area contributed by atoms with Crippen molar-refractivity contribution in [2.45, 2.75) is 17.9 Å². The van der Waals surface area contributed by atoms with Gasteiger partial charge >= 0.3 is 6.09 Å². The summed E-state index contributed by atoms with van der Waals surface area (Å²) in [5, 5.41) is 0. The fourth-order valence-corrected chi connectivity index (χ4v) is 3.98. The number of imide groups is 1. The van der Waals surface area contributed by atoms with Crippen molar-refractivity contribution in [2.24, 2.45) is 0 Å². The topological polar surface area (TPSA) is 92.8 Å². The fraction of sp³-hybridized carbons (Fsp3) is 0.222. The number of hydrogen-bond donors (Lipinski definition) is 1. The first-order chi connectivity index (χ1) is 12.8. The molecule has 27 heavy (non-hydrogen) atoms. The van der Waals surface area contributed by atoms with Crippen molar-refractivity contribution in [3.8, 4) is 0 Å². The van der Waals surface area contributed by atoms with E-state index in [2.05, 4.69) is 9.46 Å². The molecular weight excluding hydrogens is 375 g/mol. The third-order valence-electron chi connectivity index (χ3n) is 4.14. The maximum Gasteiger partial charge on any atom is 0.417 e. The molecule has 1 aliphatic heterocycles. The summed E-state index contributed by atoms with van der Waals surface area (Å²) in [7, 11) is -4.03. The molecule has 1 heterocycles. The Morgan fingerprint density at radius 3 is 2.48 bits per heavy atom. The Kier molecular flexibility index (Phi) is 5.24. The van der Waals surface area contributed by atoms with Crippen molar-refractivity contribution in [2.75, 3.05) is 13.2 Å². The molecule has 2 amide bonds. The summed E-state index contributed by atoms with van der Waals surface area (Å²) in [6.45, 7) is 0.868. The van der Waals surface area contributed by atoms with E-state index in [-0.39, 0.29) is 23.6 Å². The van der Waals surface area contributed by atoms with Crippen LogP contribution < -0.4 is 4.72 Å². The van der Waals surface area contributed by atoms with E-state index in [1.165, 1.54) is 13.0 Å². The number of sulfonamides is 1. The average molecular weight is 392 g/mol. The number of amides is 2. The predicted octanol–water partition coefficient (Wildman–Crippen LogP) is 2.13. The highest BCUT2D eigenvalue weighted by Gasteiger charge is 2.34. The molecule has 1 atom stereocenters. The first-order valence-corrected chi connectivity index (χ1v) is 9.57. The monoisotopic (exact) mass is 392 g/mol. The first-order valence-electron chi connectivity index (χ1n) is 8.08. The fourth-order valence-electron chi connectivity index (χ4n) is 2.68. The molecule has 1 fully saturated rings. The Morgan fingerprint density at radius 1 is 1.19 bits per heavy atom. The number of aryl methyl sites for hydroxylation is 1. The van der Waals surface area contributed by atoms with E-state index in [1.807, 2.05) is 0 Å². The lowest BCUT2D eigenvalue weighted by Gasteiger charge is -2.22. The highest BCUT2D eigenvalue weighted by molar-refractivity contribution is 7.89. The van der Waals surface area contributed by atoms with Gasteiger partial charge < -0.3 is 4.74 Å². The molecular formula is C18H17FN2O5S. The van der Waals surface area contributed by atoms with Gasteiger partial charge in [-0.1, -0.05) is 30.3 Å². The van der Waals surface area contributed by atoms with Crippen LogP contribution in [0.4, 0.5) is 9.18 Å². The van der Waals surface area contributed by atoms with Gasteiger partial charge in [0.2, 0.25) is 10.0 Å². The third-order valence-corrected chi connectivity index (χ3v) is 5.61. The number of nitrogens with one attached hydrogen (secondary N) is 1. The zero-order valence-corrected chi connectivity index (χ0v) is 15.2. The van der Waals surface area contributed by atoms with Gasteiger partial charge in [0, 0.05) is 0 Å². The average Bonchev–Trinajstić information content (AvgIpc) is 2.96. The van der Waals surface area contributed by atoms with Crippen LogP contribution in [-0.2, 0) is 19.6 Å². The number of carbonyl (C=O) groups excluding carboxylic acids is 2. The molecule has 0 aromatic heterocycles. The van der Waals surface area contributed by atoms with Gasteiger partial charge in [-0.25, -0.2) is 27.2 Å². The molecule has 0 saturated carbocycles. The lowest BCUT2D eigenvalue weighted by Crippen LogP contribution is -2.40. The Bertz CT molecular complexity index is 963. The zero-order chi connectivity index (χ0) is 19.6. The number of rotatable bonds is 6. The van der Waals surface area contributed by atoms with Crippen LogP contribution in [0.1, 0.15) is 17.2 Å². The quantitative estimate of drug-likeness (QED) is 0.813. The number of benzene rings is 2. The van der Waals surface area contributed by atoms with E-state index in [0.29, 0.717) is 5.56 Å². The van der Waals surface area contributed by atoms with Crippen molar-refractivity contribution in [1.82, 2.24) is 9.62 Å². The summed E-state index contributed by atoms with van der Waals surface area (Å²) in [5.74, 6) is -1.06.